The minimum Gasteiger partial charge on any atom is -0.378 e. The van der Waals surface area contributed by atoms with Crippen LogP contribution in [0.4, 0.5) is 0 Å². The second-order valence-corrected chi connectivity index (χ2v) is 6.48. The van der Waals surface area contributed by atoms with Crippen molar-refractivity contribution in [3.05, 3.63) is 0 Å². The van der Waals surface area contributed by atoms with Crippen LogP contribution in [0.2, 0.25) is 0 Å². The molecule has 1 amide bonds. The topological polar surface area (TPSA) is 50.4 Å². The molecule has 0 aromatic rings. The van der Waals surface area contributed by atoms with Gasteiger partial charge in [-0.05, 0) is 26.2 Å². The van der Waals surface area contributed by atoms with Crippen molar-refractivity contribution in [3.63, 3.8) is 0 Å². The molecule has 2 N–H and O–H groups in total. The summed E-state index contributed by atoms with van der Waals surface area (Å²) in [5, 5.41) is 6.47. The molecule has 1 aliphatic heterocycles. The van der Waals surface area contributed by atoms with E-state index in [1.807, 2.05) is 6.92 Å². The third-order valence-corrected chi connectivity index (χ3v) is 5.76. The molecule has 0 spiro atoms. The molecular formula is C14H26N2O2S. The summed E-state index contributed by atoms with van der Waals surface area (Å²) in [5.41, 5.74) is 0.136. The number of hydrogen-bond acceptors (Lipinski definition) is 4. The molecule has 1 saturated carbocycles. The quantitative estimate of drug-likeness (QED) is 0.781. The number of ether oxygens (including phenoxy) is 1. The van der Waals surface area contributed by atoms with Crippen molar-refractivity contribution < 1.29 is 9.53 Å². The van der Waals surface area contributed by atoms with Crippen molar-refractivity contribution in [2.24, 2.45) is 5.41 Å². The lowest BCUT2D eigenvalue weighted by molar-refractivity contribution is -0.149. The van der Waals surface area contributed by atoms with Gasteiger partial charge in [-0.25, -0.2) is 0 Å². The molecule has 2 aliphatic rings. The Bertz CT molecular complexity index is 315. The number of amides is 1. The molecular weight excluding hydrogens is 260 g/mol. The molecule has 0 aromatic carbocycles. The predicted molar refractivity (Wildman–Crippen MR) is 79.2 cm³/mol. The summed E-state index contributed by atoms with van der Waals surface area (Å²) in [4.78, 5) is 12.2. The molecule has 3 unspecified atom stereocenters. The van der Waals surface area contributed by atoms with E-state index in [1.54, 1.807) is 11.8 Å². The molecule has 1 saturated heterocycles. The Hall–Kier alpha value is -0.260. The number of nitrogens with one attached hydrogen (secondary N) is 2. The molecule has 110 valence electrons. The Morgan fingerprint density at radius 1 is 1.42 bits per heavy atom. The third-order valence-electron chi connectivity index (χ3n) is 4.82. The largest absolute Gasteiger partial charge is 0.378 e. The van der Waals surface area contributed by atoms with Gasteiger partial charge in [-0.15, -0.1) is 11.8 Å². The first-order valence-corrected chi connectivity index (χ1v) is 8.56. The smallest absolute Gasteiger partial charge is 0.238 e. The minimum absolute atomic E-state index is 0.0115. The average Bonchev–Trinajstić information content (AvgIpc) is 2.93. The highest BCUT2D eigenvalue weighted by Gasteiger charge is 2.54. The summed E-state index contributed by atoms with van der Waals surface area (Å²) in [7, 11) is 0. The Kier molecular flexibility index (Phi) is 5.15. The zero-order valence-electron chi connectivity index (χ0n) is 12.2. The second-order valence-electron chi connectivity index (χ2n) is 5.45. The van der Waals surface area contributed by atoms with Crippen LogP contribution in [0.15, 0.2) is 0 Å². The average molecular weight is 286 g/mol. The van der Waals surface area contributed by atoms with Gasteiger partial charge in [0.2, 0.25) is 5.91 Å². The van der Waals surface area contributed by atoms with Gasteiger partial charge < -0.3 is 10.1 Å². The number of thioether (sulfide) groups is 1. The summed E-state index contributed by atoms with van der Waals surface area (Å²) >= 11 is 1.79. The Morgan fingerprint density at radius 2 is 2.16 bits per heavy atom. The van der Waals surface area contributed by atoms with Gasteiger partial charge in [0.15, 0.2) is 0 Å². The van der Waals surface area contributed by atoms with E-state index in [9.17, 15) is 4.79 Å². The summed E-state index contributed by atoms with van der Waals surface area (Å²) in [6.45, 7) is 7.21. The van der Waals surface area contributed by atoms with Crippen LogP contribution in [0, 0.1) is 5.41 Å². The van der Waals surface area contributed by atoms with Crippen molar-refractivity contribution in [2.45, 2.75) is 58.2 Å². The van der Waals surface area contributed by atoms with Crippen LogP contribution in [0.3, 0.4) is 0 Å². The SMILES string of the molecule is CCOC1CC(NC(=O)C2CSCN2)C1(CC)CC. The summed E-state index contributed by atoms with van der Waals surface area (Å²) in [5.74, 6) is 1.94. The van der Waals surface area contributed by atoms with Gasteiger partial charge in [0.25, 0.3) is 0 Å². The van der Waals surface area contributed by atoms with E-state index >= 15 is 0 Å². The van der Waals surface area contributed by atoms with Gasteiger partial charge in [-0.2, -0.15) is 0 Å². The lowest BCUT2D eigenvalue weighted by Crippen LogP contribution is -2.65. The fraction of sp³-hybridized carbons (Fsp3) is 0.929. The first-order chi connectivity index (χ1) is 9.17. The van der Waals surface area contributed by atoms with Crippen LogP contribution in [-0.4, -0.2) is 42.3 Å². The molecule has 5 heteroatoms. The van der Waals surface area contributed by atoms with Crippen molar-refractivity contribution in [1.82, 2.24) is 10.6 Å². The zero-order valence-corrected chi connectivity index (χ0v) is 13.0. The van der Waals surface area contributed by atoms with Crippen LogP contribution in [0.25, 0.3) is 0 Å². The van der Waals surface area contributed by atoms with Crippen LogP contribution in [-0.2, 0) is 9.53 Å². The van der Waals surface area contributed by atoms with E-state index in [0.717, 1.165) is 37.5 Å². The van der Waals surface area contributed by atoms with E-state index in [1.165, 1.54) is 0 Å². The van der Waals surface area contributed by atoms with Gasteiger partial charge in [-0.3, -0.25) is 10.1 Å². The Balaban J connectivity index is 1.94. The highest BCUT2D eigenvalue weighted by atomic mass is 32.2. The van der Waals surface area contributed by atoms with Crippen molar-refractivity contribution in [1.29, 1.82) is 0 Å². The normalized spacial score (nSPS) is 32.9. The molecule has 1 aliphatic carbocycles. The molecule has 2 rings (SSSR count). The second kappa shape index (κ2) is 6.46. The molecule has 2 fully saturated rings. The first kappa shape index (κ1) is 15.1. The fourth-order valence-electron chi connectivity index (χ4n) is 3.42. The molecule has 19 heavy (non-hydrogen) atoms. The highest BCUT2D eigenvalue weighted by Crippen LogP contribution is 2.48. The minimum atomic E-state index is -0.0115. The number of hydrogen-bond donors (Lipinski definition) is 2. The maximum atomic E-state index is 12.2. The van der Waals surface area contributed by atoms with Crippen molar-refractivity contribution >= 4 is 17.7 Å². The zero-order chi connectivity index (χ0) is 13.9. The van der Waals surface area contributed by atoms with Crippen molar-refractivity contribution in [3.8, 4) is 0 Å². The van der Waals surface area contributed by atoms with Crippen LogP contribution in [0.5, 0.6) is 0 Å². The monoisotopic (exact) mass is 286 g/mol. The van der Waals surface area contributed by atoms with E-state index in [-0.39, 0.29) is 23.4 Å². The molecule has 1 heterocycles. The fourth-order valence-corrected chi connectivity index (χ4v) is 4.36. The van der Waals surface area contributed by atoms with Crippen LogP contribution >= 0.6 is 11.8 Å². The highest BCUT2D eigenvalue weighted by molar-refractivity contribution is 7.99. The van der Waals surface area contributed by atoms with Crippen molar-refractivity contribution in [2.75, 3.05) is 18.2 Å². The maximum Gasteiger partial charge on any atom is 0.238 e. The molecule has 0 aromatic heterocycles. The molecule has 0 bridgehead atoms. The van der Waals surface area contributed by atoms with Gasteiger partial charge in [0.1, 0.15) is 0 Å². The summed E-state index contributed by atoms with van der Waals surface area (Å²) in [6, 6.07) is 0.265. The maximum absolute atomic E-state index is 12.2. The van der Waals surface area contributed by atoms with E-state index < -0.39 is 0 Å². The molecule has 0 radical (unpaired) electrons. The third kappa shape index (κ3) is 2.78. The number of rotatable bonds is 6. The molecule has 4 nitrogen and oxygen atoms in total. The first-order valence-electron chi connectivity index (χ1n) is 7.41. The number of carbonyl (C=O) groups excluding carboxylic acids is 1. The Labute approximate surface area is 120 Å². The predicted octanol–water partition coefficient (Wildman–Crippen LogP) is 1.75. The summed E-state index contributed by atoms with van der Waals surface area (Å²) < 4.78 is 5.84. The lowest BCUT2D eigenvalue weighted by atomic mass is 9.58. The van der Waals surface area contributed by atoms with E-state index in [0.29, 0.717) is 6.10 Å². The van der Waals surface area contributed by atoms with E-state index in [4.69, 9.17) is 4.74 Å². The van der Waals surface area contributed by atoms with Gasteiger partial charge >= 0.3 is 0 Å². The summed E-state index contributed by atoms with van der Waals surface area (Å²) in [6.07, 6.45) is 3.39. The van der Waals surface area contributed by atoms with Crippen LogP contribution in [0.1, 0.15) is 40.0 Å². The van der Waals surface area contributed by atoms with Gasteiger partial charge in [0, 0.05) is 29.7 Å². The standard InChI is InChI=1S/C14H26N2O2S/c1-4-14(5-2)11(7-12(14)18-6-3)16-13(17)10-8-19-9-15-10/h10-12,15H,4-9H2,1-3H3,(H,16,17). The van der Waals surface area contributed by atoms with Crippen LogP contribution < -0.4 is 10.6 Å². The van der Waals surface area contributed by atoms with E-state index in [2.05, 4.69) is 24.5 Å². The van der Waals surface area contributed by atoms with Gasteiger partial charge in [-0.1, -0.05) is 13.8 Å². The lowest BCUT2D eigenvalue weighted by Gasteiger charge is -2.55. The number of carbonyl (C=O) groups is 1. The Morgan fingerprint density at radius 3 is 2.68 bits per heavy atom. The van der Waals surface area contributed by atoms with Gasteiger partial charge in [0.05, 0.1) is 12.1 Å². The molecule has 3 atom stereocenters.